The van der Waals surface area contributed by atoms with E-state index in [1.165, 1.54) is 4.90 Å². The molecule has 156 valence electrons. The molecule has 31 heavy (non-hydrogen) atoms. The standard InChI is InChI=1S/C25H23N3O3/c1-17(18-11-5-3-6-12-18)31-25(30)27-23-24(29)28(2)21-16-10-9-15-20(21)22(26-23)19-13-7-4-8-14-19/h3-17,23H,1-2H3,(H,27,30)/t17-,23-/m1/s1. The highest BCUT2D eigenvalue weighted by Crippen LogP contribution is 2.27. The third kappa shape index (κ3) is 4.33. The normalized spacial score (nSPS) is 16.6. The molecule has 0 fully saturated rings. The summed E-state index contributed by atoms with van der Waals surface area (Å²) in [7, 11) is 1.68. The molecule has 1 heterocycles. The summed E-state index contributed by atoms with van der Waals surface area (Å²) < 4.78 is 5.49. The van der Waals surface area contributed by atoms with Gasteiger partial charge >= 0.3 is 6.09 Å². The van der Waals surface area contributed by atoms with Gasteiger partial charge in [0.2, 0.25) is 6.17 Å². The molecule has 3 aromatic rings. The van der Waals surface area contributed by atoms with Crippen molar-refractivity contribution in [1.29, 1.82) is 0 Å². The van der Waals surface area contributed by atoms with Crippen LogP contribution < -0.4 is 10.2 Å². The zero-order chi connectivity index (χ0) is 21.8. The van der Waals surface area contributed by atoms with Gasteiger partial charge < -0.3 is 9.64 Å². The van der Waals surface area contributed by atoms with Gasteiger partial charge in [0, 0.05) is 18.2 Å². The number of anilines is 1. The molecule has 0 aromatic heterocycles. The number of aliphatic imine (C=N–C) groups is 1. The lowest BCUT2D eigenvalue weighted by molar-refractivity contribution is -0.120. The van der Waals surface area contributed by atoms with Crippen molar-refractivity contribution < 1.29 is 14.3 Å². The average Bonchev–Trinajstić information content (AvgIpc) is 2.91. The van der Waals surface area contributed by atoms with Crippen LogP contribution in [0.15, 0.2) is 89.9 Å². The molecule has 0 unspecified atom stereocenters. The summed E-state index contributed by atoms with van der Waals surface area (Å²) in [4.78, 5) is 31.9. The maximum Gasteiger partial charge on any atom is 0.409 e. The number of hydrogen-bond donors (Lipinski definition) is 1. The van der Waals surface area contributed by atoms with Gasteiger partial charge in [-0.15, -0.1) is 0 Å². The van der Waals surface area contributed by atoms with Gasteiger partial charge in [0.1, 0.15) is 6.10 Å². The average molecular weight is 413 g/mol. The molecular formula is C25H23N3O3. The first-order valence-electron chi connectivity index (χ1n) is 10.1. The summed E-state index contributed by atoms with van der Waals surface area (Å²) in [6.07, 6.45) is -2.28. The van der Waals surface area contributed by atoms with Crippen LogP contribution in [-0.2, 0) is 9.53 Å². The first-order valence-corrected chi connectivity index (χ1v) is 10.1. The van der Waals surface area contributed by atoms with E-state index in [1.54, 1.807) is 14.0 Å². The SMILES string of the molecule is C[C@@H](OC(=O)N[C@H]1N=C(c2ccccc2)c2ccccc2N(C)C1=O)c1ccccc1. The predicted molar refractivity (Wildman–Crippen MR) is 120 cm³/mol. The van der Waals surface area contributed by atoms with Crippen molar-refractivity contribution in [3.8, 4) is 0 Å². The molecule has 0 radical (unpaired) electrons. The Hall–Kier alpha value is -3.93. The van der Waals surface area contributed by atoms with E-state index < -0.39 is 18.4 Å². The maximum atomic E-state index is 13.1. The number of rotatable bonds is 4. The van der Waals surface area contributed by atoms with Gasteiger partial charge in [-0.1, -0.05) is 78.9 Å². The van der Waals surface area contributed by atoms with E-state index in [-0.39, 0.29) is 5.91 Å². The molecule has 0 bridgehead atoms. The van der Waals surface area contributed by atoms with Crippen LogP contribution in [0.5, 0.6) is 0 Å². The molecule has 0 saturated heterocycles. The Kier molecular flexibility index (Phi) is 5.80. The first-order chi connectivity index (χ1) is 15.0. The first kappa shape index (κ1) is 20.3. The lowest BCUT2D eigenvalue weighted by atomic mass is 10.0. The second-order valence-corrected chi connectivity index (χ2v) is 7.26. The summed E-state index contributed by atoms with van der Waals surface area (Å²) in [5.74, 6) is -0.345. The van der Waals surface area contributed by atoms with Gasteiger partial charge in [-0.25, -0.2) is 9.79 Å². The fraction of sp³-hybridized carbons (Fsp3) is 0.160. The number of benzodiazepines with no additional fused rings is 1. The van der Waals surface area contributed by atoms with Crippen molar-refractivity contribution in [3.63, 3.8) is 0 Å². The van der Waals surface area contributed by atoms with Gasteiger partial charge in [0.15, 0.2) is 0 Å². The smallest absolute Gasteiger partial charge is 0.409 e. The van der Waals surface area contributed by atoms with E-state index in [0.717, 1.165) is 22.4 Å². The highest BCUT2D eigenvalue weighted by atomic mass is 16.6. The number of carbonyl (C=O) groups is 2. The Bertz CT molecular complexity index is 1110. The van der Waals surface area contributed by atoms with Crippen LogP contribution in [0, 0.1) is 0 Å². The number of likely N-dealkylation sites (N-methyl/N-ethyl adjacent to an activating group) is 1. The Morgan fingerprint density at radius 1 is 0.968 bits per heavy atom. The number of fused-ring (bicyclic) bond motifs is 1. The van der Waals surface area contributed by atoms with Crippen LogP contribution in [-0.4, -0.2) is 30.9 Å². The Balaban J connectivity index is 1.64. The Morgan fingerprint density at radius 2 is 1.58 bits per heavy atom. The Morgan fingerprint density at radius 3 is 2.29 bits per heavy atom. The number of ether oxygens (including phenoxy) is 1. The van der Waals surface area contributed by atoms with E-state index in [1.807, 2.05) is 84.9 Å². The maximum absolute atomic E-state index is 13.1. The topological polar surface area (TPSA) is 71.0 Å². The molecular weight excluding hydrogens is 390 g/mol. The largest absolute Gasteiger partial charge is 0.442 e. The Labute approximate surface area is 181 Å². The molecule has 4 rings (SSSR count). The minimum Gasteiger partial charge on any atom is -0.442 e. The van der Waals surface area contributed by atoms with Crippen molar-refractivity contribution in [3.05, 3.63) is 102 Å². The summed E-state index contributed by atoms with van der Waals surface area (Å²) in [6.45, 7) is 1.78. The number of benzene rings is 3. The van der Waals surface area contributed by atoms with Crippen LogP contribution in [0.2, 0.25) is 0 Å². The molecule has 1 aliphatic heterocycles. The number of para-hydroxylation sites is 1. The van der Waals surface area contributed by atoms with Crippen LogP contribution in [0.4, 0.5) is 10.5 Å². The monoisotopic (exact) mass is 413 g/mol. The van der Waals surface area contributed by atoms with Gasteiger partial charge in [0.05, 0.1) is 11.4 Å². The summed E-state index contributed by atoms with van der Waals surface area (Å²) >= 11 is 0. The van der Waals surface area contributed by atoms with E-state index in [4.69, 9.17) is 4.74 Å². The zero-order valence-corrected chi connectivity index (χ0v) is 17.4. The van der Waals surface area contributed by atoms with E-state index in [9.17, 15) is 9.59 Å². The fourth-order valence-corrected chi connectivity index (χ4v) is 3.54. The molecule has 6 nitrogen and oxygen atoms in total. The van der Waals surface area contributed by atoms with E-state index in [0.29, 0.717) is 5.71 Å². The molecule has 3 aromatic carbocycles. The van der Waals surface area contributed by atoms with Crippen LogP contribution >= 0.6 is 0 Å². The highest BCUT2D eigenvalue weighted by molar-refractivity contribution is 6.20. The van der Waals surface area contributed by atoms with Gasteiger partial charge in [-0.2, -0.15) is 0 Å². The quantitative estimate of drug-likeness (QED) is 0.693. The van der Waals surface area contributed by atoms with E-state index in [2.05, 4.69) is 10.3 Å². The molecule has 6 heteroatoms. The lowest BCUT2D eigenvalue weighted by Gasteiger charge is -2.21. The summed E-state index contributed by atoms with van der Waals surface area (Å²) in [5, 5.41) is 2.63. The van der Waals surface area contributed by atoms with Crippen LogP contribution in [0.25, 0.3) is 0 Å². The molecule has 2 atom stereocenters. The van der Waals surface area contributed by atoms with Crippen molar-refractivity contribution in [2.75, 3.05) is 11.9 Å². The number of alkyl carbamates (subject to hydrolysis) is 1. The number of hydrogen-bond acceptors (Lipinski definition) is 4. The third-order valence-electron chi connectivity index (χ3n) is 5.20. The molecule has 1 N–H and O–H groups in total. The van der Waals surface area contributed by atoms with Crippen molar-refractivity contribution >= 4 is 23.4 Å². The third-order valence-corrected chi connectivity index (χ3v) is 5.20. The second-order valence-electron chi connectivity index (χ2n) is 7.26. The molecule has 1 aliphatic rings. The second kappa shape index (κ2) is 8.83. The molecule has 0 spiro atoms. The number of nitrogens with zero attached hydrogens (tertiary/aromatic N) is 2. The van der Waals surface area contributed by atoms with Crippen molar-refractivity contribution in [1.82, 2.24) is 5.32 Å². The summed E-state index contributed by atoms with van der Waals surface area (Å²) in [6, 6.07) is 26.6. The van der Waals surface area contributed by atoms with Crippen molar-refractivity contribution in [2.45, 2.75) is 19.2 Å². The lowest BCUT2D eigenvalue weighted by Crippen LogP contribution is -2.46. The van der Waals surface area contributed by atoms with Gasteiger partial charge in [0.25, 0.3) is 5.91 Å². The van der Waals surface area contributed by atoms with Crippen molar-refractivity contribution in [2.24, 2.45) is 4.99 Å². The number of nitrogens with one attached hydrogen (secondary N) is 1. The van der Waals surface area contributed by atoms with E-state index >= 15 is 0 Å². The van der Waals surface area contributed by atoms with Crippen LogP contribution in [0.1, 0.15) is 29.7 Å². The highest BCUT2D eigenvalue weighted by Gasteiger charge is 2.31. The minimum atomic E-state index is -1.11. The van der Waals surface area contributed by atoms with Crippen LogP contribution in [0.3, 0.4) is 0 Å². The minimum absolute atomic E-state index is 0.345. The number of amides is 2. The molecule has 0 saturated carbocycles. The van der Waals surface area contributed by atoms with Gasteiger partial charge in [-0.05, 0) is 18.6 Å². The zero-order valence-electron chi connectivity index (χ0n) is 17.4. The predicted octanol–water partition coefficient (Wildman–Crippen LogP) is 4.31. The molecule has 2 amide bonds. The summed E-state index contributed by atoms with van der Waals surface area (Å²) in [5.41, 5.74) is 3.90. The number of carbonyl (C=O) groups excluding carboxylic acids is 2. The fourth-order valence-electron chi connectivity index (χ4n) is 3.54. The van der Waals surface area contributed by atoms with Gasteiger partial charge in [-0.3, -0.25) is 10.1 Å². The molecule has 0 aliphatic carbocycles.